The van der Waals surface area contributed by atoms with Gasteiger partial charge in [0.25, 0.3) is 0 Å². The van der Waals surface area contributed by atoms with E-state index in [-0.39, 0.29) is 16.9 Å². The van der Waals surface area contributed by atoms with Crippen LogP contribution >= 0.6 is 0 Å². The van der Waals surface area contributed by atoms with Crippen molar-refractivity contribution in [3.63, 3.8) is 0 Å². The van der Waals surface area contributed by atoms with Crippen molar-refractivity contribution in [1.82, 2.24) is 4.90 Å². The number of hydrogen-bond acceptors (Lipinski definition) is 3. The minimum absolute atomic E-state index is 0.198. The molecule has 4 rings (SSSR count). The Morgan fingerprint density at radius 1 is 1.50 bits per heavy atom. The predicted octanol–water partition coefficient (Wildman–Crippen LogP) is 2.22. The van der Waals surface area contributed by atoms with Crippen molar-refractivity contribution < 1.29 is 14.6 Å². The average Bonchev–Trinajstić information content (AvgIpc) is 2.60. The van der Waals surface area contributed by atoms with Gasteiger partial charge in [-0.2, -0.15) is 0 Å². The summed E-state index contributed by atoms with van der Waals surface area (Å²) in [7, 11) is 3.77. The summed E-state index contributed by atoms with van der Waals surface area (Å²) in [6.45, 7) is 3.25. The Hall–Kier alpha value is -1.81. The van der Waals surface area contributed by atoms with Gasteiger partial charge in [0.1, 0.15) is 5.75 Å². The van der Waals surface area contributed by atoms with E-state index in [0.717, 1.165) is 30.7 Å². The Labute approximate surface area is 130 Å². The summed E-state index contributed by atoms with van der Waals surface area (Å²) in [6.07, 6.45) is 3.53. The van der Waals surface area contributed by atoms with Crippen LogP contribution < -0.4 is 4.74 Å². The largest absolute Gasteiger partial charge is 0.497 e. The van der Waals surface area contributed by atoms with Gasteiger partial charge in [-0.25, -0.2) is 4.79 Å². The molecule has 1 aromatic carbocycles. The lowest BCUT2D eigenvalue weighted by molar-refractivity contribution is -0.131. The van der Waals surface area contributed by atoms with Gasteiger partial charge in [0.2, 0.25) is 0 Å². The third-order valence-corrected chi connectivity index (χ3v) is 5.96. The molecule has 4 nitrogen and oxygen atoms in total. The highest BCUT2D eigenvalue weighted by atomic mass is 16.5. The summed E-state index contributed by atoms with van der Waals surface area (Å²) in [6, 6.07) is 6.53. The first-order chi connectivity index (χ1) is 10.4. The van der Waals surface area contributed by atoms with Crippen molar-refractivity contribution in [2.24, 2.45) is 5.41 Å². The average molecular weight is 299 g/mol. The van der Waals surface area contributed by atoms with Crippen LogP contribution in [0, 0.1) is 5.41 Å². The normalized spacial score (nSPS) is 37.4. The smallest absolute Gasteiger partial charge is 0.328 e. The molecule has 4 heteroatoms. The van der Waals surface area contributed by atoms with E-state index in [9.17, 15) is 9.90 Å². The number of carbonyl (C=O) groups is 1. The van der Waals surface area contributed by atoms with Gasteiger partial charge in [0, 0.05) is 29.5 Å². The molecule has 0 radical (unpaired) electrons. The molecular weight excluding hydrogens is 278 g/mol. The number of carboxylic acids is 1. The van der Waals surface area contributed by atoms with E-state index in [1.54, 1.807) is 7.11 Å². The minimum atomic E-state index is -0.844. The highest BCUT2D eigenvalue weighted by molar-refractivity contribution is 5.82. The van der Waals surface area contributed by atoms with Crippen LogP contribution in [-0.4, -0.2) is 42.7 Å². The van der Waals surface area contributed by atoms with Crippen LogP contribution in [0.5, 0.6) is 5.75 Å². The van der Waals surface area contributed by atoms with Gasteiger partial charge in [0.05, 0.1) is 7.11 Å². The number of benzene rings is 1. The number of methoxy groups -OCH3 is 1. The molecule has 116 valence electrons. The monoisotopic (exact) mass is 299 g/mol. The molecule has 1 aliphatic heterocycles. The number of rotatable bonds is 2. The molecule has 0 amide bonds. The Morgan fingerprint density at radius 3 is 2.91 bits per heavy atom. The van der Waals surface area contributed by atoms with Crippen LogP contribution in [-0.2, 0) is 16.6 Å². The number of nitrogens with zero attached hydrogens (tertiary/aromatic N) is 1. The highest BCUT2D eigenvalue weighted by Crippen LogP contribution is 2.65. The van der Waals surface area contributed by atoms with Crippen LogP contribution in [0.2, 0.25) is 0 Å². The zero-order valence-electron chi connectivity index (χ0n) is 13.2. The summed E-state index contributed by atoms with van der Waals surface area (Å²) in [4.78, 5) is 13.7. The van der Waals surface area contributed by atoms with Gasteiger partial charge in [-0.05, 0) is 48.7 Å². The molecule has 2 aliphatic carbocycles. The van der Waals surface area contributed by atoms with E-state index in [1.807, 2.05) is 6.07 Å². The van der Waals surface area contributed by atoms with Crippen LogP contribution in [0.3, 0.4) is 0 Å². The number of likely N-dealkylation sites (N-methyl/N-ethyl adjacent to an activating group) is 1. The SMILES string of the molecule is COc1ccc2c(c1)C1(C)CC3(C2)CN(C)C3/C1=C\C(=O)O. The van der Waals surface area contributed by atoms with Gasteiger partial charge < -0.3 is 9.84 Å². The molecule has 1 heterocycles. The van der Waals surface area contributed by atoms with Crippen molar-refractivity contribution in [3.8, 4) is 5.75 Å². The molecule has 1 saturated carbocycles. The topological polar surface area (TPSA) is 49.8 Å². The first-order valence-electron chi connectivity index (χ1n) is 7.72. The third-order valence-electron chi connectivity index (χ3n) is 5.96. The summed E-state index contributed by atoms with van der Waals surface area (Å²) in [5.41, 5.74) is 3.66. The van der Waals surface area contributed by atoms with Crippen molar-refractivity contribution in [2.75, 3.05) is 20.7 Å². The van der Waals surface area contributed by atoms with E-state index < -0.39 is 5.97 Å². The Bertz CT molecular complexity index is 710. The lowest BCUT2D eigenvalue weighted by Crippen LogP contribution is -2.61. The Morgan fingerprint density at radius 2 is 2.27 bits per heavy atom. The fraction of sp³-hybridized carbons (Fsp3) is 0.500. The van der Waals surface area contributed by atoms with E-state index in [1.165, 1.54) is 17.2 Å². The Balaban J connectivity index is 1.94. The minimum Gasteiger partial charge on any atom is -0.497 e. The highest BCUT2D eigenvalue weighted by Gasteiger charge is 2.66. The van der Waals surface area contributed by atoms with E-state index in [0.29, 0.717) is 0 Å². The Kier molecular flexibility index (Phi) is 2.60. The quantitative estimate of drug-likeness (QED) is 0.851. The van der Waals surface area contributed by atoms with E-state index in [2.05, 4.69) is 31.0 Å². The predicted molar refractivity (Wildman–Crippen MR) is 83.2 cm³/mol. The second-order valence-corrected chi connectivity index (χ2v) is 7.33. The van der Waals surface area contributed by atoms with Crippen molar-refractivity contribution >= 4 is 5.97 Å². The number of carboxylic acid groups (broad SMARTS) is 1. The maximum Gasteiger partial charge on any atom is 0.328 e. The first-order valence-corrected chi connectivity index (χ1v) is 7.72. The van der Waals surface area contributed by atoms with E-state index >= 15 is 0 Å². The first kappa shape index (κ1) is 13.8. The van der Waals surface area contributed by atoms with Crippen LogP contribution in [0.1, 0.15) is 24.5 Å². The van der Waals surface area contributed by atoms with Crippen LogP contribution in [0.4, 0.5) is 0 Å². The lowest BCUT2D eigenvalue weighted by atomic mass is 9.63. The molecule has 3 aliphatic rings. The van der Waals surface area contributed by atoms with Crippen LogP contribution in [0.15, 0.2) is 29.8 Å². The van der Waals surface area contributed by atoms with Crippen LogP contribution in [0.25, 0.3) is 0 Å². The second kappa shape index (κ2) is 4.13. The zero-order valence-corrected chi connectivity index (χ0v) is 13.2. The molecule has 1 spiro atoms. The maximum atomic E-state index is 11.4. The molecule has 1 aromatic rings. The molecule has 1 saturated heterocycles. The van der Waals surface area contributed by atoms with E-state index in [4.69, 9.17) is 4.74 Å². The third kappa shape index (κ3) is 1.53. The molecule has 3 atom stereocenters. The number of aliphatic carboxylic acids is 1. The molecule has 2 fully saturated rings. The molecule has 3 unspecified atom stereocenters. The lowest BCUT2D eigenvalue weighted by Gasteiger charge is -2.53. The van der Waals surface area contributed by atoms with Gasteiger partial charge in [-0.15, -0.1) is 0 Å². The molecule has 1 N–H and O–H groups in total. The summed E-state index contributed by atoms with van der Waals surface area (Å²) >= 11 is 0. The number of ether oxygens (including phenoxy) is 1. The maximum absolute atomic E-state index is 11.4. The van der Waals surface area contributed by atoms with Crippen molar-refractivity contribution in [2.45, 2.75) is 31.2 Å². The van der Waals surface area contributed by atoms with Gasteiger partial charge in [-0.1, -0.05) is 13.0 Å². The van der Waals surface area contributed by atoms with Gasteiger partial charge in [-0.3, -0.25) is 4.90 Å². The van der Waals surface area contributed by atoms with Gasteiger partial charge in [0.15, 0.2) is 0 Å². The molecule has 22 heavy (non-hydrogen) atoms. The summed E-state index contributed by atoms with van der Waals surface area (Å²) in [5, 5.41) is 9.35. The molecular formula is C18H21NO3. The number of fused-ring (bicyclic) bond motifs is 3. The second-order valence-electron chi connectivity index (χ2n) is 7.33. The fourth-order valence-electron chi connectivity index (χ4n) is 5.42. The van der Waals surface area contributed by atoms with Crippen molar-refractivity contribution in [1.29, 1.82) is 0 Å². The number of likely N-dealkylation sites (tertiary alicyclic amines) is 1. The summed E-state index contributed by atoms with van der Waals surface area (Å²) < 4.78 is 5.39. The standard InChI is InChI=1S/C18H21NO3/c1-17-9-18(8-11-4-5-12(22-3)6-13(11)17)10-19(2)16(18)14(17)7-15(20)21/h4-7,16H,8-10H2,1-3H3,(H,20,21)/b14-7+. The fourth-order valence-corrected chi connectivity index (χ4v) is 5.42. The molecule has 2 bridgehead atoms. The molecule has 0 aromatic heterocycles. The zero-order chi connectivity index (χ0) is 15.7. The number of hydrogen-bond donors (Lipinski definition) is 1. The van der Waals surface area contributed by atoms with Crippen molar-refractivity contribution in [3.05, 3.63) is 41.0 Å². The summed E-state index contributed by atoms with van der Waals surface area (Å²) in [5.74, 6) is 0.00173. The van der Waals surface area contributed by atoms with Gasteiger partial charge >= 0.3 is 5.97 Å².